The summed E-state index contributed by atoms with van der Waals surface area (Å²) >= 11 is 6.84. The van der Waals surface area contributed by atoms with Crippen LogP contribution in [0.4, 0.5) is 0 Å². The van der Waals surface area contributed by atoms with Crippen molar-refractivity contribution in [3.63, 3.8) is 0 Å². The number of aromatic amines is 1. The van der Waals surface area contributed by atoms with Gasteiger partial charge in [0.2, 0.25) is 0 Å². The van der Waals surface area contributed by atoms with Gasteiger partial charge >= 0.3 is 0 Å². The lowest BCUT2D eigenvalue weighted by Gasteiger charge is -2.07. The number of rotatable bonds is 2. The highest BCUT2D eigenvalue weighted by Gasteiger charge is 2.15. The standard InChI is InChI=1S/C14H9ClN4O3S/c15-10-6-5-9(23-10)13(21)18-19-14(22)11-7-3-1-2-4-8(7)12(20)17-16-11/h1-6H,(H,17,20)(H,18,21)(H,19,22). The molecule has 23 heavy (non-hydrogen) atoms. The van der Waals surface area contributed by atoms with Crippen molar-refractivity contribution < 1.29 is 9.59 Å². The number of halogens is 1. The normalized spacial score (nSPS) is 10.5. The third kappa shape index (κ3) is 3.08. The van der Waals surface area contributed by atoms with Gasteiger partial charge in [0.15, 0.2) is 5.69 Å². The van der Waals surface area contributed by atoms with Gasteiger partial charge in [-0.3, -0.25) is 25.2 Å². The van der Waals surface area contributed by atoms with Crippen molar-refractivity contribution in [3.05, 3.63) is 61.7 Å². The van der Waals surface area contributed by atoms with Crippen molar-refractivity contribution in [3.8, 4) is 0 Å². The number of H-pyrrole nitrogens is 1. The lowest BCUT2D eigenvalue weighted by Crippen LogP contribution is -2.42. The average Bonchev–Trinajstić information content (AvgIpc) is 2.99. The monoisotopic (exact) mass is 348 g/mol. The first kappa shape index (κ1) is 15.2. The number of nitrogens with zero attached hydrogens (tertiary/aromatic N) is 1. The molecule has 3 aromatic rings. The molecule has 0 saturated carbocycles. The highest BCUT2D eigenvalue weighted by Crippen LogP contribution is 2.20. The number of hydrogen-bond acceptors (Lipinski definition) is 5. The summed E-state index contributed by atoms with van der Waals surface area (Å²) in [6.07, 6.45) is 0. The fraction of sp³-hybridized carbons (Fsp3) is 0. The molecule has 0 aliphatic rings. The minimum atomic E-state index is -0.645. The predicted molar refractivity (Wildman–Crippen MR) is 86.6 cm³/mol. The van der Waals surface area contributed by atoms with E-state index in [1.54, 1.807) is 36.4 Å². The highest BCUT2D eigenvalue weighted by molar-refractivity contribution is 7.17. The smallest absolute Gasteiger partial charge is 0.267 e. The van der Waals surface area contributed by atoms with Crippen LogP contribution in [0.1, 0.15) is 20.2 Å². The Kier molecular flexibility index (Phi) is 4.09. The molecule has 9 heteroatoms. The number of nitrogens with one attached hydrogen (secondary N) is 3. The Hall–Kier alpha value is -2.71. The molecule has 0 spiro atoms. The van der Waals surface area contributed by atoms with E-state index < -0.39 is 17.4 Å². The van der Waals surface area contributed by atoms with Gasteiger partial charge in [0.05, 0.1) is 14.6 Å². The second-order valence-corrected chi connectivity index (χ2v) is 6.17. The maximum absolute atomic E-state index is 12.2. The fourth-order valence-corrected chi connectivity index (χ4v) is 2.90. The van der Waals surface area contributed by atoms with Gasteiger partial charge in [0.25, 0.3) is 17.4 Å². The van der Waals surface area contributed by atoms with Crippen molar-refractivity contribution in [2.75, 3.05) is 0 Å². The van der Waals surface area contributed by atoms with Crippen LogP contribution in [0.5, 0.6) is 0 Å². The van der Waals surface area contributed by atoms with Crippen LogP contribution in [0.3, 0.4) is 0 Å². The van der Waals surface area contributed by atoms with Crippen LogP contribution in [-0.4, -0.2) is 22.0 Å². The molecule has 0 fully saturated rings. The molecule has 0 aliphatic heterocycles. The van der Waals surface area contributed by atoms with Crippen LogP contribution in [0.25, 0.3) is 10.8 Å². The number of carbonyl (C=O) groups is 2. The molecule has 3 N–H and O–H groups in total. The molecule has 116 valence electrons. The number of carbonyl (C=O) groups excluding carboxylic acids is 2. The summed E-state index contributed by atoms with van der Waals surface area (Å²) in [6, 6.07) is 9.68. The molecule has 2 heterocycles. The van der Waals surface area contributed by atoms with Gasteiger partial charge in [-0.2, -0.15) is 5.10 Å². The van der Waals surface area contributed by atoms with E-state index in [9.17, 15) is 14.4 Å². The number of hydrazine groups is 1. The second-order valence-electron chi connectivity index (χ2n) is 4.46. The van der Waals surface area contributed by atoms with Crippen molar-refractivity contribution >= 4 is 45.5 Å². The van der Waals surface area contributed by atoms with E-state index >= 15 is 0 Å². The van der Waals surface area contributed by atoms with Crippen LogP contribution in [-0.2, 0) is 0 Å². The summed E-state index contributed by atoms with van der Waals surface area (Å²) in [5, 5.41) is 6.72. The van der Waals surface area contributed by atoms with E-state index in [1.165, 1.54) is 0 Å². The van der Waals surface area contributed by atoms with Gasteiger partial charge in [-0.1, -0.05) is 29.8 Å². The van der Waals surface area contributed by atoms with E-state index in [2.05, 4.69) is 21.0 Å². The van der Waals surface area contributed by atoms with E-state index in [-0.39, 0.29) is 5.69 Å². The second kappa shape index (κ2) is 6.19. The molecule has 3 rings (SSSR count). The lowest BCUT2D eigenvalue weighted by atomic mass is 10.1. The summed E-state index contributed by atoms with van der Waals surface area (Å²) in [5.74, 6) is -1.14. The zero-order valence-corrected chi connectivity index (χ0v) is 13.0. The van der Waals surface area contributed by atoms with Crippen LogP contribution in [0.15, 0.2) is 41.2 Å². The van der Waals surface area contributed by atoms with Gasteiger partial charge in [0.1, 0.15) is 0 Å². The van der Waals surface area contributed by atoms with E-state index in [0.717, 1.165) is 11.3 Å². The molecule has 0 bridgehead atoms. The fourth-order valence-electron chi connectivity index (χ4n) is 1.96. The first-order valence-electron chi connectivity index (χ1n) is 6.39. The van der Waals surface area contributed by atoms with Crippen molar-refractivity contribution in [2.45, 2.75) is 0 Å². The number of fused-ring (bicyclic) bond motifs is 1. The largest absolute Gasteiger partial charge is 0.290 e. The maximum Gasteiger partial charge on any atom is 0.290 e. The molecule has 0 aliphatic carbocycles. The number of aromatic nitrogens is 2. The van der Waals surface area contributed by atoms with Gasteiger partial charge in [-0.25, -0.2) is 5.10 Å². The Labute approximate surface area is 138 Å². The zero-order chi connectivity index (χ0) is 16.4. The summed E-state index contributed by atoms with van der Waals surface area (Å²) in [6.45, 7) is 0. The van der Waals surface area contributed by atoms with Crippen molar-refractivity contribution in [1.29, 1.82) is 0 Å². The van der Waals surface area contributed by atoms with Crippen LogP contribution < -0.4 is 16.4 Å². The first-order valence-corrected chi connectivity index (χ1v) is 7.59. The molecule has 0 atom stereocenters. The van der Waals surface area contributed by atoms with Crippen LogP contribution in [0, 0.1) is 0 Å². The third-order valence-electron chi connectivity index (χ3n) is 3.00. The minimum Gasteiger partial charge on any atom is -0.267 e. The topological polar surface area (TPSA) is 104 Å². The molecule has 2 amide bonds. The molecular formula is C14H9ClN4O3S. The van der Waals surface area contributed by atoms with Gasteiger partial charge < -0.3 is 0 Å². The number of hydrogen-bond donors (Lipinski definition) is 3. The summed E-state index contributed by atoms with van der Waals surface area (Å²) in [5.41, 5.74) is 4.14. The third-order valence-corrected chi connectivity index (χ3v) is 4.23. The molecule has 0 radical (unpaired) electrons. The average molecular weight is 349 g/mol. The quantitative estimate of drug-likeness (QED) is 0.613. The van der Waals surface area contributed by atoms with Crippen LogP contribution in [0.2, 0.25) is 4.34 Å². The Morgan fingerprint density at radius 1 is 1.04 bits per heavy atom. The Morgan fingerprint density at radius 3 is 2.43 bits per heavy atom. The highest BCUT2D eigenvalue weighted by atomic mass is 35.5. The van der Waals surface area contributed by atoms with Crippen molar-refractivity contribution in [2.24, 2.45) is 0 Å². The Bertz CT molecular complexity index is 966. The predicted octanol–water partition coefficient (Wildman–Crippen LogP) is 1.71. The van der Waals surface area contributed by atoms with Crippen molar-refractivity contribution in [1.82, 2.24) is 21.0 Å². The molecular weight excluding hydrogens is 340 g/mol. The van der Waals surface area contributed by atoms with Gasteiger partial charge in [-0.15, -0.1) is 11.3 Å². The van der Waals surface area contributed by atoms with Gasteiger partial charge in [0, 0.05) is 5.39 Å². The Morgan fingerprint density at radius 2 is 1.74 bits per heavy atom. The SMILES string of the molecule is O=C(NNC(=O)c1n[nH]c(=O)c2ccccc12)c1ccc(Cl)s1. The number of benzene rings is 1. The van der Waals surface area contributed by atoms with Crippen LogP contribution >= 0.6 is 22.9 Å². The minimum absolute atomic E-state index is 0.00436. The number of amides is 2. The van der Waals surface area contributed by atoms with E-state index in [4.69, 9.17) is 11.6 Å². The van der Waals surface area contributed by atoms with Gasteiger partial charge in [-0.05, 0) is 18.2 Å². The molecule has 7 nitrogen and oxygen atoms in total. The molecule has 0 saturated heterocycles. The number of thiophene rings is 1. The first-order chi connectivity index (χ1) is 11.1. The Balaban J connectivity index is 1.80. The molecule has 2 aromatic heterocycles. The van der Waals surface area contributed by atoms with E-state index in [1.807, 2.05) is 0 Å². The maximum atomic E-state index is 12.2. The molecule has 1 aromatic carbocycles. The zero-order valence-electron chi connectivity index (χ0n) is 11.4. The van der Waals surface area contributed by atoms with E-state index in [0.29, 0.717) is 20.0 Å². The summed E-state index contributed by atoms with van der Waals surface area (Å²) < 4.78 is 0.467. The summed E-state index contributed by atoms with van der Waals surface area (Å²) in [4.78, 5) is 36.1. The molecule has 0 unspecified atom stereocenters. The lowest BCUT2D eigenvalue weighted by molar-refractivity contribution is 0.0846. The summed E-state index contributed by atoms with van der Waals surface area (Å²) in [7, 11) is 0.